The average Bonchev–Trinajstić information content (AvgIpc) is 2.92. The van der Waals surface area contributed by atoms with Crippen LogP contribution in [0.1, 0.15) is 49.1 Å². The minimum Gasteiger partial charge on any atom is -0.493 e. The maximum atomic E-state index is 12.9. The van der Waals surface area contributed by atoms with Gasteiger partial charge in [-0.3, -0.25) is 4.18 Å². The maximum Gasteiger partial charge on any atom is 0.297 e. The largest absolute Gasteiger partial charge is 0.493 e. The van der Waals surface area contributed by atoms with Crippen LogP contribution in [0.4, 0.5) is 0 Å². The molecule has 2 unspecified atom stereocenters. The molecule has 0 bridgehead atoms. The lowest BCUT2D eigenvalue weighted by Gasteiger charge is -2.27. The van der Waals surface area contributed by atoms with Crippen molar-refractivity contribution in [2.24, 2.45) is 0 Å². The summed E-state index contributed by atoms with van der Waals surface area (Å²) in [5.41, 5.74) is 1.94. The molecule has 152 valence electrons. The maximum absolute atomic E-state index is 12.9. The van der Waals surface area contributed by atoms with Crippen LogP contribution in [0.5, 0.6) is 11.5 Å². The van der Waals surface area contributed by atoms with Gasteiger partial charge in [-0.05, 0) is 38.0 Å². The van der Waals surface area contributed by atoms with E-state index in [1.54, 1.807) is 38.5 Å². The Morgan fingerprint density at radius 1 is 0.893 bits per heavy atom. The van der Waals surface area contributed by atoms with Gasteiger partial charge in [0.25, 0.3) is 10.1 Å². The number of hydrogen-bond acceptors (Lipinski definition) is 5. The highest BCUT2D eigenvalue weighted by molar-refractivity contribution is 7.86. The van der Waals surface area contributed by atoms with Gasteiger partial charge >= 0.3 is 0 Å². The van der Waals surface area contributed by atoms with Crippen LogP contribution in [0.3, 0.4) is 0 Å². The van der Waals surface area contributed by atoms with E-state index in [2.05, 4.69) is 0 Å². The van der Waals surface area contributed by atoms with Crippen LogP contribution in [0.25, 0.3) is 0 Å². The second-order valence-corrected chi connectivity index (χ2v) is 8.80. The van der Waals surface area contributed by atoms with Gasteiger partial charge in [0.15, 0.2) is 11.5 Å². The fourth-order valence-corrected chi connectivity index (χ4v) is 5.01. The summed E-state index contributed by atoms with van der Waals surface area (Å²) in [6, 6.07) is 12.5. The first-order chi connectivity index (χ1) is 13.5. The van der Waals surface area contributed by atoms with Crippen molar-refractivity contribution in [1.82, 2.24) is 0 Å². The summed E-state index contributed by atoms with van der Waals surface area (Å²) in [4.78, 5) is 0.193. The van der Waals surface area contributed by atoms with E-state index in [1.165, 1.54) is 0 Å². The van der Waals surface area contributed by atoms with Crippen molar-refractivity contribution >= 4 is 10.1 Å². The number of benzene rings is 2. The summed E-state index contributed by atoms with van der Waals surface area (Å²) >= 11 is 0. The highest BCUT2D eigenvalue weighted by Crippen LogP contribution is 2.43. The normalized spacial score (nSPS) is 20.4. The second-order valence-electron chi connectivity index (χ2n) is 7.23. The molecule has 0 amide bonds. The van der Waals surface area contributed by atoms with Gasteiger partial charge in [-0.15, -0.1) is 0 Å². The predicted molar refractivity (Wildman–Crippen MR) is 109 cm³/mol. The minimum atomic E-state index is -3.84. The number of rotatable bonds is 6. The Balaban J connectivity index is 1.95. The highest BCUT2D eigenvalue weighted by Gasteiger charge is 2.33. The molecule has 0 N–H and O–H groups in total. The SMILES string of the molecule is COc1cccc(C2CCCCCC2OS(=O)(=O)c2ccc(C)cc2)c1OC. The van der Waals surface area contributed by atoms with Crippen LogP contribution >= 0.6 is 0 Å². The standard InChI is InChI=1S/C22H28O5S/c1-16-12-14-17(15-13-16)28(23,24)27-20-10-6-4-5-8-18(20)19-9-7-11-21(25-2)22(19)26-3/h7,9,11-15,18,20H,4-6,8,10H2,1-3H3. The average molecular weight is 405 g/mol. The Morgan fingerprint density at radius 3 is 2.29 bits per heavy atom. The van der Waals surface area contributed by atoms with Crippen LogP contribution < -0.4 is 9.47 Å². The monoisotopic (exact) mass is 404 g/mol. The highest BCUT2D eigenvalue weighted by atomic mass is 32.2. The molecule has 6 heteroatoms. The van der Waals surface area contributed by atoms with Gasteiger partial charge in [0.1, 0.15) is 0 Å². The molecule has 5 nitrogen and oxygen atoms in total. The molecule has 0 aliphatic heterocycles. The van der Waals surface area contributed by atoms with Crippen LogP contribution in [-0.2, 0) is 14.3 Å². The summed E-state index contributed by atoms with van der Waals surface area (Å²) in [6.07, 6.45) is 4.13. The van der Waals surface area contributed by atoms with E-state index < -0.39 is 16.2 Å². The molecular formula is C22H28O5S. The van der Waals surface area contributed by atoms with Crippen molar-refractivity contribution in [1.29, 1.82) is 0 Å². The van der Waals surface area contributed by atoms with E-state index in [-0.39, 0.29) is 10.8 Å². The molecule has 0 radical (unpaired) electrons. The van der Waals surface area contributed by atoms with Crippen LogP contribution in [0.15, 0.2) is 47.4 Å². The molecule has 0 spiro atoms. The van der Waals surface area contributed by atoms with E-state index in [4.69, 9.17) is 13.7 Å². The number of methoxy groups -OCH3 is 2. The van der Waals surface area contributed by atoms with Gasteiger partial charge in [-0.1, -0.05) is 49.1 Å². The number of para-hydroxylation sites is 1. The number of ether oxygens (including phenoxy) is 2. The van der Waals surface area contributed by atoms with Gasteiger partial charge in [0, 0.05) is 11.5 Å². The molecule has 1 aliphatic rings. The van der Waals surface area contributed by atoms with E-state index >= 15 is 0 Å². The first kappa shape index (κ1) is 20.7. The molecule has 1 aliphatic carbocycles. The molecule has 3 rings (SSSR count). The van der Waals surface area contributed by atoms with Gasteiger partial charge in [-0.25, -0.2) is 0 Å². The Morgan fingerprint density at radius 2 is 1.61 bits per heavy atom. The van der Waals surface area contributed by atoms with E-state index in [9.17, 15) is 8.42 Å². The molecule has 0 saturated heterocycles. The Labute approximate surface area is 167 Å². The van der Waals surface area contributed by atoms with Crippen LogP contribution in [0.2, 0.25) is 0 Å². The van der Waals surface area contributed by atoms with Crippen molar-refractivity contribution in [3.05, 3.63) is 53.6 Å². The zero-order valence-corrected chi connectivity index (χ0v) is 17.5. The van der Waals surface area contributed by atoms with E-state index in [1.807, 2.05) is 25.1 Å². The van der Waals surface area contributed by atoms with Gasteiger partial charge < -0.3 is 9.47 Å². The summed E-state index contributed by atoms with van der Waals surface area (Å²) < 4.78 is 42.6. The van der Waals surface area contributed by atoms with Crippen LogP contribution in [0, 0.1) is 6.92 Å². The molecule has 2 aromatic carbocycles. The quantitative estimate of drug-likeness (QED) is 0.509. The third-order valence-electron chi connectivity index (χ3n) is 5.35. The lowest BCUT2D eigenvalue weighted by atomic mass is 9.88. The predicted octanol–water partition coefficient (Wildman–Crippen LogP) is 4.83. The fraction of sp³-hybridized carbons (Fsp3) is 0.455. The number of hydrogen-bond donors (Lipinski definition) is 0. The van der Waals surface area contributed by atoms with Gasteiger partial charge in [0.05, 0.1) is 25.2 Å². The van der Waals surface area contributed by atoms with E-state index in [0.717, 1.165) is 36.8 Å². The lowest BCUT2D eigenvalue weighted by molar-refractivity contribution is 0.166. The molecular weight excluding hydrogens is 376 g/mol. The van der Waals surface area contributed by atoms with Crippen molar-refractivity contribution < 1.29 is 22.1 Å². The second kappa shape index (κ2) is 8.97. The van der Waals surface area contributed by atoms with Crippen LogP contribution in [-0.4, -0.2) is 28.7 Å². The minimum absolute atomic E-state index is 0.0761. The molecule has 2 aromatic rings. The van der Waals surface area contributed by atoms with Crippen molar-refractivity contribution in [2.75, 3.05) is 14.2 Å². The fourth-order valence-electron chi connectivity index (χ4n) is 3.87. The third-order valence-corrected chi connectivity index (χ3v) is 6.70. The molecule has 1 saturated carbocycles. The summed E-state index contributed by atoms with van der Waals surface area (Å²) in [6.45, 7) is 1.92. The van der Waals surface area contributed by atoms with Gasteiger partial charge in [-0.2, -0.15) is 8.42 Å². The van der Waals surface area contributed by atoms with Crippen molar-refractivity contribution in [3.8, 4) is 11.5 Å². The third kappa shape index (κ3) is 4.50. The smallest absolute Gasteiger partial charge is 0.297 e. The first-order valence-electron chi connectivity index (χ1n) is 9.67. The summed E-state index contributed by atoms with van der Waals surface area (Å²) in [7, 11) is -0.631. The molecule has 2 atom stereocenters. The molecule has 0 aromatic heterocycles. The zero-order chi connectivity index (χ0) is 20.1. The van der Waals surface area contributed by atoms with Gasteiger partial charge in [0.2, 0.25) is 0 Å². The van der Waals surface area contributed by atoms with E-state index in [0.29, 0.717) is 17.9 Å². The molecule has 1 fully saturated rings. The van der Waals surface area contributed by atoms with Crippen molar-refractivity contribution in [3.63, 3.8) is 0 Å². The number of aryl methyl sites for hydroxylation is 1. The molecule has 28 heavy (non-hydrogen) atoms. The topological polar surface area (TPSA) is 61.8 Å². The lowest BCUT2D eigenvalue weighted by Crippen LogP contribution is -2.25. The molecule has 0 heterocycles. The Bertz CT molecular complexity index is 890. The zero-order valence-electron chi connectivity index (χ0n) is 16.7. The Hall–Kier alpha value is -2.05. The Kier molecular flexibility index (Phi) is 6.62. The summed E-state index contributed by atoms with van der Waals surface area (Å²) in [5, 5.41) is 0. The summed E-state index contributed by atoms with van der Waals surface area (Å²) in [5.74, 6) is 1.22. The first-order valence-corrected chi connectivity index (χ1v) is 11.1. The van der Waals surface area contributed by atoms with Crippen molar-refractivity contribution in [2.45, 2.75) is 55.9 Å².